The van der Waals surface area contributed by atoms with Gasteiger partial charge in [-0.15, -0.1) is 0 Å². The van der Waals surface area contributed by atoms with Crippen molar-refractivity contribution in [1.82, 2.24) is 9.78 Å². The van der Waals surface area contributed by atoms with Gasteiger partial charge < -0.3 is 5.11 Å². The molecule has 0 unspecified atom stereocenters. The Hall–Kier alpha value is -0.990. The zero-order valence-corrected chi connectivity index (χ0v) is 9.70. The molecule has 3 nitrogen and oxygen atoms in total. The molecule has 0 spiro atoms. The maximum atomic E-state index is 9.98. The molecular weight excluding hydrogens is 176 g/mol. The van der Waals surface area contributed by atoms with Crippen LogP contribution >= 0.6 is 0 Å². The van der Waals surface area contributed by atoms with Gasteiger partial charge in [0.1, 0.15) is 0 Å². The number of aryl methyl sites for hydroxylation is 1. The van der Waals surface area contributed by atoms with Crippen LogP contribution in [0.4, 0.5) is 0 Å². The average Bonchev–Trinajstić information content (AvgIpc) is 2.42. The molecule has 0 aromatic carbocycles. The van der Waals surface area contributed by atoms with Gasteiger partial charge in [-0.1, -0.05) is 20.8 Å². The van der Waals surface area contributed by atoms with Crippen LogP contribution in [0.25, 0.3) is 0 Å². The van der Waals surface area contributed by atoms with E-state index in [-0.39, 0.29) is 6.04 Å². The fourth-order valence-electron chi connectivity index (χ4n) is 1.70. The molecule has 1 aromatic heterocycles. The molecule has 0 amide bonds. The highest BCUT2D eigenvalue weighted by atomic mass is 16.3. The van der Waals surface area contributed by atoms with Crippen molar-refractivity contribution in [2.24, 2.45) is 0 Å². The number of nitrogens with zero attached hydrogens (tertiary/aromatic N) is 2. The smallest absolute Gasteiger partial charge is 0.213 e. The van der Waals surface area contributed by atoms with Gasteiger partial charge in [0.15, 0.2) is 0 Å². The molecule has 1 N–H and O–H groups in total. The van der Waals surface area contributed by atoms with Crippen molar-refractivity contribution in [3.8, 4) is 5.88 Å². The number of hydrogen-bond donors (Lipinski definition) is 1. The second kappa shape index (κ2) is 4.03. The van der Waals surface area contributed by atoms with Crippen LogP contribution in [0.3, 0.4) is 0 Å². The van der Waals surface area contributed by atoms with Crippen LogP contribution in [0, 0.1) is 0 Å². The highest BCUT2D eigenvalue weighted by Crippen LogP contribution is 2.31. The first-order chi connectivity index (χ1) is 6.49. The van der Waals surface area contributed by atoms with Crippen molar-refractivity contribution in [1.29, 1.82) is 0 Å². The Labute approximate surface area is 85.8 Å². The van der Waals surface area contributed by atoms with Gasteiger partial charge >= 0.3 is 0 Å². The van der Waals surface area contributed by atoms with Gasteiger partial charge in [0, 0.05) is 5.56 Å². The third-order valence-corrected chi connectivity index (χ3v) is 2.40. The summed E-state index contributed by atoms with van der Waals surface area (Å²) in [4.78, 5) is 0. The average molecular weight is 196 g/mol. The molecule has 1 aromatic rings. The molecule has 1 heterocycles. The Morgan fingerprint density at radius 2 is 1.86 bits per heavy atom. The first kappa shape index (κ1) is 11.1. The maximum absolute atomic E-state index is 9.98. The monoisotopic (exact) mass is 196 g/mol. The van der Waals surface area contributed by atoms with Crippen molar-refractivity contribution in [2.45, 2.75) is 53.0 Å². The summed E-state index contributed by atoms with van der Waals surface area (Å²) < 4.78 is 1.70. The molecule has 0 radical (unpaired) electrons. The van der Waals surface area contributed by atoms with Crippen molar-refractivity contribution in [3.05, 3.63) is 11.3 Å². The summed E-state index contributed by atoms with van der Waals surface area (Å²) >= 11 is 0. The van der Waals surface area contributed by atoms with Crippen molar-refractivity contribution in [2.75, 3.05) is 0 Å². The zero-order valence-electron chi connectivity index (χ0n) is 9.70. The molecule has 0 saturated heterocycles. The van der Waals surface area contributed by atoms with Crippen LogP contribution in [0.5, 0.6) is 5.88 Å². The van der Waals surface area contributed by atoms with Gasteiger partial charge in [0.25, 0.3) is 0 Å². The SMILES string of the molecule is CCc1nn(C(C)C)c(O)c1C(C)C. The highest BCUT2D eigenvalue weighted by Gasteiger charge is 2.19. The van der Waals surface area contributed by atoms with E-state index in [2.05, 4.69) is 25.9 Å². The summed E-state index contributed by atoms with van der Waals surface area (Å²) in [5.41, 5.74) is 2.02. The minimum absolute atomic E-state index is 0.216. The van der Waals surface area contributed by atoms with Crippen LogP contribution in [0.1, 0.15) is 57.8 Å². The van der Waals surface area contributed by atoms with Crippen LogP contribution in [0.2, 0.25) is 0 Å². The van der Waals surface area contributed by atoms with E-state index in [1.807, 2.05) is 13.8 Å². The second-order valence-corrected chi connectivity index (χ2v) is 4.23. The number of aromatic nitrogens is 2. The molecule has 80 valence electrons. The van der Waals surface area contributed by atoms with E-state index in [4.69, 9.17) is 0 Å². The van der Waals surface area contributed by atoms with Crippen molar-refractivity contribution >= 4 is 0 Å². The Bertz CT molecular complexity index is 313. The van der Waals surface area contributed by atoms with E-state index in [1.54, 1.807) is 4.68 Å². The largest absolute Gasteiger partial charge is 0.493 e. The lowest BCUT2D eigenvalue weighted by Gasteiger charge is -2.08. The summed E-state index contributed by atoms with van der Waals surface area (Å²) in [6, 6.07) is 0.216. The van der Waals surface area contributed by atoms with Crippen LogP contribution in [-0.2, 0) is 6.42 Å². The van der Waals surface area contributed by atoms with Gasteiger partial charge in [-0.3, -0.25) is 0 Å². The molecule has 3 heteroatoms. The lowest BCUT2D eigenvalue weighted by molar-refractivity contribution is 0.372. The molecular formula is C11H20N2O. The number of aromatic hydroxyl groups is 1. The van der Waals surface area contributed by atoms with Crippen LogP contribution < -0.4 is 0 Å². The lowest BCUT2D eigenvalue weighted by atomic mass is 10.0. The topological polar surface area (TPSA) is 38.0 Å². The standard InChI is InChI=1S/C11H20N2O/c1-6-9-10(7(2)3)11(14)13(12-9)8(4)5/h7-8,14H,6H2,1-5H3. The van der Waals surface area contributed by atoms with Crippen molar-refractivity contribution in [3.63, 3.8) is 0 Å². The number of hydrogen-bond acceptors (Lipinski definition) is 2. The van der Waals surface area contributed by atoms with Gasteiger partial charge in [-0.05, 0) is 26.2 Å². The molecule has 0 fully saturated rings. The van der Waals surface area contributed by atoms with Crippen LogP contribution in [-0.4, -0.2) is 14.9 Å². The Balaban J connectivity index is 3.25. The van der Waals surface area contributed by atoms with Gasteiger partial charge in [-0.25, -0.2) is 4.68 Å². The summed E-state index contributed by atoms with van der Waals surface area (Å²) in [6.07, 6.45) is 0.876. The predicted octanol–water partition coefficient (Wildman–Crippen LogP) is 2.86. The summed E-state index contributed by atoms with van der Waals surface area (Å²) in [5.74, 6) is 0.671. The van der Waals surface area contributed by atoms with E-state index in [1.165, 1.54) is 0 Å². The van der Waals surface area contributed by atoms with Gasteiger partial charge in [-0.2, -0.15) is 5.10 Å². The third-order valence-electron chi connectivity index (χ3n) is 2.40. The predicted molar refractivity (Wildman–Crippen MR) is 57.7 cm³/mol. The third kappa shape index (κ3) is 1.76. The first-order valence-electron chi connectivity index (χ1n) is 5.29. The molecule has 0 aliphatic heterocycles. The first-order valence-corrected chi connectivity index (χ1v) is 5.29. The fraction of sp³-hybridized carbons (Fsp3) is 0.727. The van der Waals surface area contributed by atoms with E-state index < -0.39 is 0 Å². The van der Waals surface area contributed by atoms with Crippen LogP contribution in [0.15, 0.2) is 0 Å². The minimum Gasteiger partial charge on any atom is -0.493 e. The normalized spacial score (nSPS) is 11.6. The van der Waals surface area contributed by atoms with E-state index in [9.17, 15) is 5.11 Å². The molecule has 0 bridgehead atoms. The second-order valence-electron chi connectivity index (χ2n) is 4.23. The molecule has 14 heavy (non-hydrogen) atoms. The summed E-state index contributed by atoms with van der Waals surface area (Å²) in [6.45, 7) is 10.3. The van der Waals surface area contributed by atoms with E-state index in [0.29, 0.717) is 11.8 Å². The molecule has 1 rings (SSSR count). The summed E-state index contributed by atoms with van der Waals surface area (Å²) in [7, 11) is 0. The molecule has 0 saturated carbocycles. The Morgan fingerprint density at radius 1 is 1.29 bits per heavy atom. The Kier molecular flexibility index (Phi) is 3.19. The molecule has 0 aliphatic carbocycles. The number of rotatable bonds is 3. The fourth-order valence-corrected chi connectivity index (χ4v) is 1.70. The molecule has 0 aliphatic rings. The molecule has 0 atom stereocenters. The maximum Gasteiger partial charge on any atom is 0.213 e. The van der Waals surface area contributed by atoms with Gasteiger partial charge in [0.2, 0.25) is 5.88 Å². The minimum atomic E-state index is 0.216. The van der Waals surface area contributed by atoms with E-state index in [0.717, 1.165) is 17.7 Å². The zero-order chi connectivity index (χ0) is 10.9. The lowest BCUT2D eigenvalue weighted by Crippen LogP contribution is -2.02. The van der Waals surface area contributed by atoms with E-state index >= 15 is 0 Å². The van der Waals surface area contributed by atoms with Gasteiger partial charge in [0.05, 0.1) is 11.7 Å². The van der Waals surface area contributed by atoms with Crippen molar-refractivity contribution < 1.29 is 5.11 Å². The Morgan fingerprint density at radius 3 is 2.14 bits per heavy atom. The quantitative estimate of drug-likeness (QED) is 0.807. The summed E-state index contributed by atoms with van der Waals surface area (Å²) in [5, 5.41) is 14.4. The highest BCUT2D eigenvalue weighted by molar-refractivity contribution is 5.33.